The zero-order valence-electron chi connectivity index (χ0n) is 28.6. The van der Waals surface area contributed by atoms with Gasteiger partial charge in [-0.2, -0.15) is 8.78 Å². The molecule has 1 saturated heterocycles. The number of hydrogen-bond donors (Lipinski definition) is 3. The van der Waals surface area contributed by atoms with E-state index in [4.69, 9.17) is 14.9 Å². The number of rotatable bonds is 17. The summed E-state index contributed by atoms with van der Waals surface area (Å²) in [7, 11) is 0. The van der Waals surface area contributed by atoms with Gasteiger partial charge in [-0.3, -0.25) is 19.3 Å². The molecule has 280 valence electrons. The Balaban J connectivity index is 1.10. The lowest BCUT2D eigenvalue weighted by Gasteiger charge is -2.34. The predicted octanol–water partition coefficient (Wildman–Crippen LogP) is 4.53. The Bertz CT molecular complexity index is 1740. The van der Waals surface area contributed by atoms with Gasteiger partial charge in [0.25, 0.3) is 5.91 Å². The van der Waals surface area contributed by atoms with E-state index in [1.165, 1.54) is 31.0 Å². The molecule has 1 aliphatic heterocycles. The molecule has 1 unspecified atom stereocenters. The lowest BCUT2D eigenvalue weighted by molar-refractivity contribution is -0.133. The average molecular weight is 731 g/mol. The highest BCUT2D eigenvalue weighted by atomic mass is 19.3. The smallest absolute Gasteiger partial charge is 0.387 e. The molecule has 0 spiro atoms. The van der Waals surface area contributed by atoms with Gasteiger partial charge >= 0.3 is 6.61 Å². The molecule has 1 atom stereocenters. The van der Waals surface area contributed by atoms with Gasteiger partial charge in [0.05, 0.1) is 13.2 Å². The Labute approximate surface area is 298 Å². The van der Waals surface area contributed by atoms with E-state index in [1.807, 2.05) is 4.90 Å². The number of carbonyl (C=O) groups is 3. The van der Waals surface area contributed by atoms with Crippen LogP contribution >= 0.6 is 0 Å². The van der Waals surface area contributed by atoms with Crippen molar-refractivity contribution in [3.05, 3.63) is 65.1 Å². The molecule has 3 aromatic rings. The van der Waals surface area contributed by atoms with Gasteiger partial charge in [-0.1, -0.05) is 6.07 Å². The predicted molar refractivity (Wildman–Crippen MR) is 179 cm³/mol. The van der Waals surface area contributed by atoms with Crippen LogP contribution in [0.3, 0.4) is 0 Å². The van der Waals surface area contributed by atoms with Crippen LogP contribution in [0.25, 0.3) is 11.5 Å². The minimum absolute atomic E-state index is 0.0435. The number of benzene rings is 2. The number of nitrogens with one attached hydrogen (secondary N) is 2. The van der Waals surface area contributed by atoms with Crippen molar-refractivity contribution < 1.29 is 45.8 Å². The van der Waals surface area contributed by atoms with E-state index < -0.39 is 36.1 Å². The summed E-state index contributed by atoms with van der Waals surface area (Å²) in [5, 5.41) is 5.16. The largest absolute Gasteiger partial charge is 0.490 e. The molecule has 16 heteroatoms. The summed E-state index contributed by atoms with van der Waals surface area (Å²) in [4.78, 5) is 47.8. The lowest BCUT2D eigenvalue weighted by Crippen LogP contribution is -2.49. The van der Waals surface area contributed by atoms with Crippen LogP contribution < -0.4 is 25.8 Å². The highest BCUT2D eigenvalue weighted by molar-refractivity contribution is 5.97. The molecule has 0 radical (unpaired) electrons. The second kappa shape index (κ2) is 16.8. The van der Waals surface area contributed by atoms with E-state index in [2.05, 4.69) is 25.3 Å². The van der Waals surface area contributed by atoms with E-state index in [9.17, 15) is 31.9 Å². The molecule has 2 heterocycles. The lowest BCUT2D eigenvalue weighted by atomic mass is 10.0. The van der Waals surface area contributed by atoms with Gasteiger partial charge < -0.3 is 35.2 Å². The van der Waals surface area contributed by atoms with Crippen LogP contribution in [0.2, 0.25) is 0 Å². The summed E-state index contributed by atoms with van der Waals surface area (Å²) in [6.45, 7) is 0.976. The van der Waals surface area contributed by atoms with Gasteiger partial charge in [0, 0.05) is 62.4 Å². The minimum atomic E-state index is -3.13. The third-order valence-corrected chi connectivity index (χ3v) is 9.22. The third kappa shape index (κ3) is 9.79. The maximum atomic E-state index is 14.8. The van der Waals surface area contributed by atoms with E-state index in [0.29, 0.717) is 38.4 Å². The first-order chi connectivity index (χ1) is 25.1. The van der Waals surface area contributed by atoms with Crippen molar-refractivity contribution >= 4 is 17.7 Å². The Morgan fingerprint density at radius 3 is 2.42 bits per heavy atom. The van der Waals surface area contributed by atoms with Crippen LogP contribution in [0.15, 0.2) is 40.8 Å². The van der Waals surface area contributed by atoms with E-state index in [0.717, 1.165) is 50.5 Å². The van der Waals surface area contributed by atoms with Crippen LogP contribution in [0.5, 0.6) is 11.5 Å². The van der Waals surface area contributed by atoms with E-state index in [-0.39, 0.29) is 65.1 Å². The van der Waals surface area contributed by atoms with E-state index >= 15 is 0 Å². The molecule has 2 aromatic carbocycles. The van der Waals surface area contributed by atoms with Gasteiger partial charge in [0.15, 0.2) is 23.0 Å². The maximum absolute atomic E-state index is 14.8. The highest BCUT2D eigenvalue weighted by Crippen LogP contribution is 2.35. The quantitative estimate of drug-likeness (QED) is 0.134. The number of halogens is 4. The Hall–Kier alpha value is -4.70. The molecule has 52 heavy (non-hydrogen) atoms. The number of piperazine rings is 1. The van der Waals surface area contributed by atoms with Gasteiger partial charge in [-0.15, -0.1) is 0 Å². The second-order valence-corrected chi connectivity index (χ2v) is 13.3. The Morgan fingerprint density at radius 2 is 1.75 bits per heavy atom. The van der Waals surface area contributed by atoms with Crippen LogP contribution in [-0.4, -0.2) is 84.5 Å². The molecule has 0 bridgehead atoms. The monoisotopic (exact) mass is 730 g/mol. The van der Waals surface area contributed by atoms with Crippen molar-refractivity contribution in [3.8, 4) is 23.0 Å². The zero-order chi connectivity index (χ0) is 36.8. The van der Waals surface area contributed by atoms with Gasteiger partial charge in [-0.05, 0) is 68.7 Å². The molecule has 2 saturated carbocycles. The van der Waals surface area contributed by atoms with Crippen molar-refractivity contribution in [3.63, 3.8) is 0 Å². The summed E-state index contributed by atoms with van der Waals surface area (Å²) >= 11 is 0. The molecule has 4 N–H and O–H groups in total. The molecular formula is C36H42F4N6O6. The summed E-state index contributed by atoms with van der Waals surface area (Å²) < 4.78 is 71.1. The number of ether oxygens (including phenoxy) is 2. The van der Waals surface area contributed by atoms with Gasteiger partial charge in [0.2, 0.25) is 17.7 Å². The van der Waals surface area contributed by atoms with Crippen LogP contribution in [-0.2, 0) is 16.1 Å². The van der Waals surface area contributed by atoms with E-state index in [1.54, 1.807) is 0 Å². The number of nitrogens with zero attached hydrogens (tertiary/aromatic N) is 3. The van der Waals surface area contributed by atoms with Crippen molar-refractivity contribution in [2.24, 2.45) is 11.7 Å². The summed E-state index contributed by atoms with van der Waals surface area (Å²) in [5.74, 6) is -3.08. The number of aromatic nitrogens is 1. The standard InChI is InChI=1S/C36H42F4N6O6/c37-23-7-10-25(26(38)18-23)31(33(48)42-24-8-9-24)43-34(49)32-29(19-41)51-35(44-32)22-6-11-27(52-36(39)40)28(17-22)50-16-2-1-3-30(47)46-14-12-45(13-15-46)20-21-4-5-21/h6-7,10-11,17-18,21,24,31,36H,1-5,8-9,12-16,19-20,41H2,(H,42,48)(H,43,49). The van der Waals surface area contributed by atoms with Crippen molar-refractivity contribution in [1.82, 2.24) is 25.4 Å². The number of hydrogen-bond acceptors (Lipinski definition) is 9. The van der Waals surface area contributed by atoms with Crippen LogP contribution in [0.1, 0.15) is 72.8 Å². The molecule has 3 amide bonds. The van der Waals surface area contributed by atoms with Crippen molar-refractivity contribution in [2.75, 3.05) is 39.3 Å². The van der Waals surface area contributed by atoms with Gasteiger partial charge in [0.1, 0.15) is 17.7 Å². The molecule has 3 fully saturated rings. The first kappa shape index (κ1) is 37.1. The number of alkyl halides is 2. The summed E-state index contributed by atoms with van der Waals surface area (Å²) in [6.07, 6.45) is 5.39. The first-order valence-electron chi connectivity index (χ1n) is 17.6. The highest BCUT2D eigenvalue weighted by Gasteiger charge is 2.33. The number of oxazole rings is 1. The first-order valence-corrected chi connectivity index (χ1v) is 17.6. The number of amides is 3. The van der Waals surface area contributed by atoms with Crippen LogP contribution in [0.4, 0.5) is 17.6 Å². The molecule has 1 aromatic heterocycles. The molecule has 6 rings (SSSR count). The number of nitrogens with two attached hydrogens (primary N) is 1. The number of carbonyl (C=O) groups excluding carboxylic acids is 3. The fraction of sp³-hybridized carbons (Fsp3) is 0.500. The van der Waals surface area contributed by atoms with Gasteiger partial charge in [-0.25, -0.2) is 13.8 Å². The third-order valence-electron chi connectivity index (χ3n) is 9.22. The molecule has 12 nitrogen and oxygen atoms in total. The molecular weight excluding hydrogens is 688 g/mol. The molecule has 3 aliphatic rings. The fourth-order valence-electron chi connectivity index (χ4n) is 6.03. The number of unbranched alkanes of at least 4 members (excludes halogenated alkanes) is 1. The van der Waals surface area contributed by atoms with Crippen molar-refractivity contribution in [1.29, 1.82) is 0 Å². The maximum Gasteiger partial charge on any atom is 0.387 e. The van der Waals surface area contributed by atoms with Crippen LogP contribution in [0, 0.1) is 17.6 Å². The molecule has 2 aliphatic carbocycles. The SMILES string of the molecule is NCc1oc(-c2ccc(OC(F)F)c(OCCCCC(=O)N3CCN(CC4CC4)CC3)c2)nc1C(=O)NC(C(=O)NC1CC1)c1ccc(F)cc1F. The summed E-state index contributed by atoms with van der Waals surface area (Å²) in [5.41, 5.74) is 5.52. The van der Waals surface area contributed by atoms with Crippen molar-refractivity contribution in [2.45, 2.75) is 70.2 Å². The fourth-order valence-corrected chi connectivity index (χ4v) is 6.03. The Kier molecular flexibility index (Phi) is 11.9. The summed E-state index contributed by atoms with van der Waals surface area (Å²) in [6, 6.07) is 4.98. The topological polar surface area (TPSA) is 152 Å². The Morgan fingerprint density at radius 1 is 0.981 bits per heavy atom. The average Bonchev–Trinajstić information content (AvgIpc) is 4.06. The zero-order valence-corrected chi connectivity index (χ0v) is 28.6. The minimum Gasteiger partial charge on any atom is -0.490 e. The normalized spacial score (nSPS) is 16.8. The second-order valence-electron chi connectivity index (χ2n) is 13.3.